The number of aromatic nitrogens is 3. The summed E-state index contributed by atoms with van der Waals surface area (Å²) < 4.78 is 29.8. The molecule has 2 amide bonds. The number of nitrogen functional groups attached to an aromatic ring is 1. The molecule has 0 radical (unpaired) electrons. The lowest BCUT2D eigenvalue weighted by Gasteiger charge is -2.18. The molecule has 2 aromatic carbocycles. The maximum Gasteiger partial charge on any atom is 0.253 e. The number of fused-ring (bicyclic) bond motifs is 1. The number of hydrogen-bond acceptors (Lipinski definition) is 5. The van der Waals surface area contributed by atoms with Gasteiger partial charge in [0.25, 0.3) is 5.91 Å². The third-order valence-corrected chi connectivity index (χ3v) is 7.61. The number of carbonyl (C=O) groups excluding carboxylic acids is 2. The quantitative estimate of drug-likeness (QED) is 0.236. The van der Waals surface area contributed by atoms with Gasteiger partial charge < -0.3 is 16.0 Å². The molecular formula is C34H30F2N6O2. The number of alkyl halides is 1. The Morgan fingerprint density at radius 1 is 1.00 bits per heavy atom. The number of hydrogen-bond donors (Lipinski definition) is 2. The monoisotopic (exact) mass is 592 g/mol. The summed E-state index contributed by atoms with van der Waals surface area (Å²) in [6.45, 7) is 2.19. The number of anilines is 1. The number of nitrogens with two attached hydrogens (primary N) is 1. The molecule has 4 heterocycles. The molecule has 222 valence electrons. The second-order valence-corrected chi connectivity index (χ2v) is 11.1. The molecule has 44 heavy (non-hydrogen) atoms. The van der Waals surface area contributed by atoms with Crippen LogP contribution in [0, 0.1) is 5.82 Å². The number of pyridine rings is 2. The SMILES string of the molecule is CC1(F)CCN(C(=O)c2ccc(-c3cc(-c4ccc(F)cc4)n4nc(CNC(=O)/C=C/c5ccc(N)nc5)cc4c3)cc2)C1. The number of rotatable bonds is 7. The Kier molecular flexibility index (Phi) is 7.65. The highest BCUT2D eigenvalue weighted by atomic mass is 19.1. The fourth-order valence-corrected chi connectivity index (χ4v) is 5.24. The van der Waals surface area contributed by atoms with Crippen LogP contribution >= 0.6 is 0 Å². The van der Waals surface area contributed by atoms with Crippen molar-refractivity contribution >= 4 is 29.2 Å². The van der Waals surface area contributed by atoms with Crippen molar-refractivity contribution in [3.63, 3.8) is 0 Å². The molecule has 1 aliphatic heterocycles. The topological polar surface area (TPSA) is 106 Å². The number of nitrogens with zero attached hydrogens (tertiary/aromatic N) is 4. The Labute approximate surface area is 252 Å². The van der Waals surface area contributed by atoms with Crippen molar-refractivity contribution in [2.75, 3.05) is 18.8 Å². The molecule has 10 heteroatoms. The highest BCUT2D eigenvalue weighted by Gasteiger charge is 2.36. The number of likely N-dealkylation sites (tertiary alicyclic amines) is 1. The Bertz CT molecular complexity index is 1860. The molecule has 0 spiro atoms. The highest BCUT2D eigenvalue weighted by Crippen LogP contribution is 2.31. The fourth-order valence-electron chi connectivity index (χ4n) is 5.24. The second-order valence-electron chi connectivity index (χ2n) is 11.1. The van der Waals surface area contributed by atoms with Gasteiger partial charge in [-0.1, -0.05) is 12.1 Å². The van der Waals surface area contributed by atoms with Crippen molar-refractivity contribution in [3.8, 4) is 22.4 Å². The van der Waals surface area contributed by atoms with Crippen LogP contribution in [-0.4, -0.2) is 50.1 Å². The first kappa shape index (κ1) is 28.7. The lowest BCUT2D eigenvalue weighted by Crippen LogP contribution is -2.31. The Hall–Kier alpha value is -5.38. The molecule has 0 aliphatic carbocycles. The van der Waals surface area contributed by atoms with Crippen molar-refractivity contribution in [3.05, 3.63) is 114 Å². The van der Waals surface area contributed by atoms with Crippen molar-refractivity contribution < 1.29 is 18.4 Å². The Morgan fingerprint density at radius 3 is 2.43 bits per heavy atom. The zero-order valence-electron chi connectivity index (χ0n) is 24.0. The standard InChI is InChI=1S/C34H30F2N6O2/c1-34(36)14-15-41(21-34)33(44)25-6-4-23(5-7-25)26-16-29-18-28(20-39-32(43)13-3-22-2-12-31(37)38-19-22)40-42(29)30(17-26)24-8-10-27(35)11-9-24/h2-13,16-19H,14-15,20-21H2,1H3,(H2,37,38)(H,39,43)/b13-3+. The van der Waals surface area contributed by atoms with E-state index in [-0.39, 0.29) is 30.7 Å². The Balaban J connectivity index is 1.26. The van der Waals surface area contributed by atoms with Crippen molar-refractivity contribution in [2.24, 2.45) is 0 Å². The van der Waals surface area contributed by atoms with Gasteiger partial charge in [-0.05, 0) is 96.4 Å². The molecular weight excluding hydrogens is 562 g/mol. The molecule has 8 nitrogen and oxygen atoms in total. The van der Waals surface area contributed by atoms with E-state index in [0.717, 1.165) is 33.5 Å². The van der Waals surface area contributed by atoms with E-state index in [9.17, 15) is 18.4 Å². The van der Waals surface area contributed by atoms with Gasteiger partial charge in [0.1, 0.15) is 17.3 Å². The third kappa shape index (κ3) is 6.34. The minimum atomic E-state index is -1.36. The molecule has 1 unspecified atom stereocenters. The normalized spacial score (nSPS) is 16.6. The predicted octanol–water partition coefficient (Wildman–Crippen LogP) is 5.69. The first-order valence-corrected chi connectivity index (χ1v) is 14.2. The number of nitrogens with one attached hydrogen (secondary N) is 1. The minimum absolute atomic E-state index is 0.0889. The average molecular weight is 593 g/mol. The number of amides is 2. The lowest BCUT2D eigenvalue weighted by atomic mass is 10.0. The number of carbonyl (C=O) groups is 2. The lowest BCUT2D eigenvalue weighted by molar-refractivity contribution is -0.116. The summed E-state index contributed by atoms with van der Waals surface area (Å²) in [5.41, 5.74) is 10.1. The summed E-state index contributed by atoms with van der Waals surface area (Å²) in [6.07, 6.45) is 4.97. The van der Waals surface area contributed by atoms with Crippen LogP contribution in [0.3, 0.4) is 0 Å². The molecule has 5 aromatic rings. The third-order valence-electron chi connectivity index (χ3n) is 7.61. The highest BCUT2D eigenvalue weighted by molar-refractivity contribution is 5.95. The summed E-state index contributed by atoms with van der Waals surface area (Å²) in [5.74, 6) is -0.432. The molecule has 1 fully saturated rings. The van der Waals surface area contributed by atoms with Crippen molar-refractivity contribution in [2.45, 2.75) is 25.6 Å². The minimum Gasteiger partial charge on any atom is -0.384 e. The van der Waals surface area contributed by atoms with Crippen LogP contribution in [0.5, 0.6) is 0 Å². The van der Waals surface area contributed by atoms with Crippen LogP contribution in [0.2, 0.25) is 0 Å². The molecule has 1 aliphatic rings. The van der Waals surface area contributed by atoms with Crippen LogP contribution in [-0.2, 0) is 11.3 Å². The van der Waals surface area contributed by atoms with Crippen LogP contribution in [0.15, 0.2) is 91.1 Å². The van der Waals surface area contributed by atoms with Crippen LogP contribution in [0.1, 0.15) is 35.0 Å². The van der Waals surface area contributed by atoms with Gasteiger partial charge in [-0.2, -0.15) is 5.10 Å². The van der Waals surface area contributed by atoms with Gasteiger partial charge in [0, 0.05) is 36.4 Å². The molecule has 3 N–H and O–H groups in total. The fraction of sp³-hybridized carbons (Fsp3) is 0.176. The zero-order valence-corrected chi connectivity index (χ0v) is 24.0. The summed E-state index contributed by atoms with van der Waals surface area (Å²) in [7, 11) is 0. The summed E-state index contributed by atoms with van der Waals surface area (Å²) in [5, 5.41) is 7.56. The zero-order chi connectivity index (χ0) is 30.8. The molecule has 1 atom stereocenters. The van der Waals surface area contributed by atoms with E-state index in [2.05, 4.69) is 10.3 Å². The van der Waals surface area contributed by atoms with Gasteiger partial charge in [-0.3, -0.25) is 9.59 Å². The van der Waals surface area contributed by atoms with Gasteiger partial charge in [0.2, 0.25) is 5.91 Å². The van der Waals surface area contributed by atoms with E-state index in [1.807, 2.05) is 30.3 Å². The van der Waals surface area contributed by atoms with E-state index in [1.165, 1.54) is 25.1 Å². The first-order chi connectivity index (χ1) is 21.1. The molecule has 0 saturated carbocycles. The van der Waals surface area contributed by atoms with Gasteiger partial charge in [0.05, 0.1) is 30.0 Å². The van der Waals surface area contributed by atoms with E-state index in [0.29, 0.717) is 30.0 Å². The molecule has 1 saturated heterocycles. The summed E-state index contributed by atoms with van der Waals surface area (Å²) in [4.78, 5) is 31.0. The van der Waals surface area contributed by atoms with Gasteiger partial charge in [0.15, 0.2) is 0 Å². The largest absolute Gasteiger partial charge is 0.384 e. The smallest absolute Gasteiger partial charge is 0.253 e. The van der Waals surface area contributed by atoms with Gasteiger partial charge in [-0.25, -0.2) is 18.3 Å². The first-order valence-electron chi connectivity index (χ1n) is 14.2. The summed E-state index contributed by atoms with van der Waals surface area (Å²) in [6, 6.07) is 22.6. The van der Waals surface area contributed by atoms with Crippen LogP contribution in [0.4, 0.5) is 14.6 Å². The van der Waals surface area contributed by atoms with Crippen molar-refractivity contribution in [1.82, 2.24) is 24.8 Å². The average Bonchev–Trinajstić information content (AvgIpc) is 3.61. The maximum absolute atomic E-state index is 14.3. The number of halogens is 2. The van der Waals surface area contributed by atoms with Crippen LogP contribution in [0.25, 0.3) is 34.0 Å². The van der Waals surface area contributed by atoms with E-state index < -0.39 is 5.67 Å². The molecule has 6 rings (SSSR count). The number of benzene rings is 2. The summed E-state index contributed by atoms with van der Waals surface area (Å²) >= 11 is 0. The second kappa shape index (κ2) is 11.7. The van der Waals surface area contributed by atoms with E-state index in [1.54, 1.807) is 58.1 Å². The van der Waals surface area contributed by atoms with E-state index in [4.69, 9.17) is 10.8 Å². The molecule has 0 bridgehead atoms. The predicted molar refractivity (Wildman–Crippen MR) is 166 cm³/mol. The Morgan fingerprint density at radius 2 is 1.75 bits per heavy atom. The van der Waals surface area contributed by atoms with Gasteiger partial charge >= 0.3 is 0 Å². The van der Waals surface area contributed by atoms with Crippen molar-refractivity contribution in [1.29, 1.82) is 0 Å². The van der Waals surface area contributed by atoms with E-state index >= 15 is 0 Å². The van der Waals surface area contributed by atoms with Crippen LogP contribution < -0.4 is 11.1 Å². The molecule has 3 aromatic heterocycles. The van der Waals surface area contributed by atoms with Gasteiger partial charge in [-0.15, -0.1) is 0 Å². The maximum atomic E-state index is 14.3.